The minimum absolute atomic E-state index is 0.724. The molecule has 68 valence electrons. The third-order valence-electron chi connectivity index (χ3n) is 3.15. The second-order valence-electron chi connectivity index (χ2n) is 3.90. The lowest BCUT2D eigenvalue weighted by molar-refractivity contribution is 0.267. The number of halogens is 2. The van der Waals surface area contributed by atoms with Crippen LogP contribution in [0.15, 0.2) is 10.6 Å². The molecule has 0 aliphatic heterocycles. The van der Waals surface area contributed by atoms with E-state index in [0.717, 1.165) is 16.7 Å². The van der Waals surface area contributed by atoms with E-state index in [-0.39, 0.29) is 0 Å². The van der Waals surface area contributed by atoms with Crippen molar-refractivity contribution in [2.75, 3.05) is 0 Å². The van der Waals surface area contributed by atoms with Gasteiger partial charge >= 0.3 is 0 Å². The highest BCUT2D eigenvalue weighted by Crippen LogP contribution is 2.45. The Balaban J connectivity index is 2.17. The van der Waals surface area contributed by atoms with E-state index in [0.29, 0.717) is 0 Å². The van der Waals surface area contributed by atoms with Gasteiger partial charge in [0.2, 0.25) is 0 Å². The van der Waals surface area contributed by atoms with E-state index >= 15 is 0 Å². The molecule has 0 spiro atoms. The number of rotatable bonds is 0. The maximum atomic E-state index is 3.80. The van der Waals surface area contributed by atoms with Crippen LogP contribution >= 0.6 is 31.9 Å². The molecule has 2 aliphatic carbocycles. The molecule has 0 amide bonds. The zero-order valence-corrected chi connectivity index (χ0v) is 10.3. The maximum absolute atomic E-state index is 3.80. The third kappa shape index (κ3) is 1.65. The van der Waals surface area contributed by atoms with Crippen molar-refractivity contribution in [3.8, 4) is 0 Å². The van der Waals surface area contributed by atoms with Crippen molar-refractivity contribution in [2.45, 2.75) is 36.9 Å². The molecule has 0 saturated heterocycles. The Morgan fingerprint density at radius 2 is 2.08 bits per heavy atom. The lowest BCUT2D eigenvalue weighted by Crippen LogP contribution is -2.30. The summed E-state index contributed by atoms with van der Waals surface area (Å²) in [7, 11) is 0. The van der Waals surface area contributed by atoms with Crippen molar-refractivity contribution >= 4 is 31.9 Å². The Kier molecular flexibility index (Phi) is 2.96. The third-order valence-corrected chi connectivity index (χ3v) is 5.03. The molecule has 0 aromatic heterocycles. The molecule has 0 radical (unpaired) electrons. The van der Waals surface area contributed by atoms with Crippen LogP contribution in [0.4, 0.5) is 0 Å². The molecule has 2 aliphatic rings. The Hall–Kier alpha value is 0.700. The molecule has 0 N–H and O–H groups in total. The summed E-state index contributed by atoms with van der Waals surface area (Å²) >= 11 is 7.50. The zero-order chi connectivity index (χ0) is 8.55. The fourth-order valence-corrected chi connectivity index (χ4v) is 4.84. The van der Waals surface area contributed by atoms with Crippen LogP contribution in [0.2, 0.25) is 0 Å². The molecule has 0 nitrogen and oxygen atoms in total. The van der Waals surface area contributed by atoms with Crippen molar-refractivity contribution in [1.29, 1.82) is 0 Å². The van der Waals surface area contributed by atoms with E-state index < -0.39 is 0 Å². The normalized spacial score (nSPS) is 41.8. The standard InChI is InChI=1S/C10H14Br2/c11-8-5-1-3-7-4-2-6-9(12)10(7)8/h5,7,9-10H,1-4,6H2. The molecule has 0 aromatic rings. The summed E-state index contributed by atoms with van der Waals surface area (Å²) in [6.45, 7) is 0. The van der Waals surface area contributed by atoms with Crippen LogP contribution in [0, 0.1) is 11.8 Å². The van der Waals surface area contributed by atoms with Crippen LogP contribution in [0.1, 0.15) is 32.1 Å². The van der Waals surface area contributed by atoms with E-state index in [4.69, 9.17) is 0 Å². The van der Waals surface area contributed by atoms with Gasteiger partial charge in [0.1, 0.15) is 0 Å². The summed E-state index contributed by atoms with van der Waals surface area (Å²) in [5.41, 5.74) is 0. The number of hydrogen-bond donors (Lipinski definition) is 0. The monoisotopic (exact) mass is 292 g/mol. The number of allylic oxidation sites excluding steroid dienone is 2. The van der Waals surface area contributed by atoms with Gasteiger partial charge in [0.25, 0.3) is 0 Å². The topological polar surface area (TPSA) is 0 Å². The first-order valence-corrected chi connectivity index (χ1v) is 6.49. The van der Waals surface area contributed by atoms with Gasteiger partial charge in [0.05, 0.1) is 0 Å². The number of fused-ring (bicyclic) bond motifs is 1. The first kappa shape index (κ1) is 9.26. The molecule has 1 saturated carbocycles. The van der Waals surface area contributed by atoms with E-state index in [1.165, 1.54) is 36.6 Å². The lowest BCUT2D eigenvalue weighted by Gasteiger charge is -2.38. The number of alkyl halides is 1. The summed E-state index contributed by atoms with van der Waals surface area (Å²) in [5, 5.41) is 0. The van der Waals surface area contributed by atoms with Gasteiger partial charge in [-0.25, -0.2) is 0 Å². The van der Waals surface area contributed by atoms with Gasteiger partial charge in [-0.15, -0.1) is 0 Å². The fourth-order valence-electron chi connectivity index (χ4n) is 2.52. The zero-order valence-electron chi connectivity index (χ0n) is 7.10. The molecular formula is C10H14Br2. The van der Waals surface area contributed by atoms with Gasteiger partial charge in [-0.3, -0.25) is 0 Å². The predicted octanol–water partition coefficient (Wildman–Crippen LogP) is 4.24. The van der Waals surface area contributed by atoms with E-state index in [1.807, 2.05) is 0 Å². The van der Waals surface area contributed by atoms with Crippen LogP contribution < -0.4 is 0 Å². The Morgan fingerprint density at radius 3 is 2.83 bits per heavy atom. The summed E-state index contributed by atoms with van der Waals surface area (Å²) < 4.78 is 1.46. The Morgan fingerprint density at radius 1 is 1.25 bits per heavy atom. The van der Waals surface area contributed by atoms with Gasteiger partial charge < -0.3 is 0 Å². The van der Waals surface area contributed by atoms with Crippen LogP contribution in [0.5, 0.6) is 0 Å². The predicted molar refractivity (Wildman–Crippen MR) is 59.8 cm³/mol. The molecule has 0 aromatic carbocycles. The van der Waals surface area contributed by atoms with Crippen LogP contribution in [0.25, 0.3) is 0 Å². The molecule has 0 heterocycles. The van der Waals surface area contributed by atoms with Gasteiger partial charge in [-0.05, 0) is 36.1 Å². The van der Waals surface area contributed by atoms with Crippen LogP contribution in [0.3, 0.4) is 0 Å². The van der Waals surface area contributed by atoms with Crippen molar-refractivity contribution in [3.05, 3.63) is 10.6 Å². The van der Waals surface area contributed by atoms with Gasteiger partial charge in [-0.1, -0.05) is 44.4 Å². The van der Waals surface area contributed by atoms with Crippen molar-refractivity contribution < 1.29 is 0 Å². The molecule has 0 bridgehead atoms. The van der Waals surface area contributed by atoms with E-state index in [2.05, 4.69) is 37.9 Å². The first-order chi connectivity index (χ1) is 5.79. The SMILES string of the molecule is BrC1=CCCC2CCCC(Br)C12. The highest BCUT2D eigenvalue weighted by Gasteiger charge is 2.34. The minimum Gasteiger partial charge on any atom is -0.0884 e. The number of hydrogen-bond acceptors (Lipinski definition) is 0. The molecule has 1 fully saturated rings. The van der Waals surface area contributed by atoms with Crippen molar-refractivity contribution in [1.82, 2.24) is 0 Å². The molecular weight excluding hydrogens is 280 g/mol. The van der Waals surface area contributed by atoms with Gasteiger partial charge in [-0.2, -0.15) is 0 Å². The Labute approximate surface area is 91.1 Å². The van der Waals surface area contributed by atoms with E-state index in [9.17, 15) is 0 Å². The fraction of sp³-hybridized carbons (Fsp3) is 0.800. The van der Waals surface area contributed by atoms with Gasteiger partial charge in [0, 0.05) is 10.7 Å². The molecule has 3 atom stereocenters. The van der Waals surface area contributed by atoms with Crippen LogP contribution in [-0.2, 0) is 0 Å². The Bertz CT molecular complexity index is 198. The summed E-state index contributed by atoms with van der Waals surface area (Å²) in [6.07, 6.45) is 9.25. The largest absolute Gasteiger partial charge is 0.0884 e. The average molecular weight is 294 g/mol. The molecule has 3 unspecified atom stereocenters. The van der Waals surface area contributed by atoms with Gasteiger partial charge in [0.15, 0.2) is 0 Å². The van der Waals surface area contributed by atoms with Crippen molar-refractivity contribution in [2.24, 2.45) is 11.8 Å². The summed E-state index contributed by atoms with van der Waals surface area (Å²) in [5.74, 6) is 1.73. The quantitative estimate of drug-likeness (QED) is 0.586. The highest BCUT2D eigenvalue weighted by atomic mass is 79.9. The summed E-state index contributed by atoms with van der Waals surface area (Å²) in [6, 6.07) is 0. The summed E-state index contributed by atoms with van der Waals surface area (Å²) in [4.78, 5) is 0.724. The second-order valence-corrected chi connectivity index (χ2v) is 5.99. The molecule has 2 heteroatoms. The van der Waals surface area contributed by atoms with Crippen molar-refractivity contribution in [3.63, 3.8) is 0 Å². The molecule has 12 heavy (non-hydrogen) atoms. The van der Waals surface area contributed by atoms with Crippen LogP contribution in [-0.4, -0.2) is 4.83 Å². The average Bonchev–Trinajstić information content (AvgIpc) is 2.04. The van der Waals surface area contributed by atoms with E-state index in [1.54, 1.807) is 0 Å². The first-order valence-electron chi connectivity index (χ1n) is 4.78. The molecule has 2 rings (SSSR count). The highest BCUT2D eigenvalue weighted by molar-refractivity contribution is 9.12. The maximum Gasteiger partial charge on any atom is 0.0222 e. The minimum atomic E-state index is 0.724. The lowest BCUT2D eigenvalue weighted by atomic mass is 9.74. The second kappa shape index (κ2) is 3.83. The smallest absolute Gasteiger partial charge is 0.0222 e.